The van der Waals surface area contributed by atoms with Gasteiger partial charge in [0.1, 0.15) is 30.2 Å². The van der Waals surface area contributed by atoms with Gasteiger partial charge in [0.15, 0.2) is 0 Å². The van der Waals surface area contributed by atoms with Gasteiger partial charge >= 0.3 is 5.97 Å². The Kier molecular flexibility index (Phi) is 4.97. The largest absolute Gasteiger partial charge is 0.468 e. The first-order valence-electron chi connectivity index (χ1n) is 5.78. The molecule has 1 rings (SSSR count). The third kappa shape index (κ3) is 3.41. The molecule has 0 radical (unpaired) electrons. The van der Waals surface area contributed by atoms with E-state index in [1.165, 1.54) is 7.11 Å². The molecule has 0 spiro atoms. The molecule has 0 saturated heterocycles. The number of hydrogen-bond donors (Lipinski definition) is 0. The summed E-state index contributed by atoms with van der Waals surface area (Å²) >= 11 is 0. The number of rotatable bonds is 5. The first kappa shape index (κ1) is 15.4. The predicted octanol–water partition coefficient (Wildman–Crippen LogP) is 1.25. The van der Waals surface area contributed by atoms with Crippen molar-refractivity contribution in [2.24, 2.45) is 0 Å². The van der Waals surface area contributed by atoms with E-state index in [1.807, 2.05) is 19.9 Å². The highest BCUT2D eigenvalue weighted by molar-refractivity contribution is 5.76. The minimum atomic E-state index is -0.627. The molecular formula is C12H14N4O4. The molecular weight excluding hydrogens is 264 g/mol. The molecule has 0 aromatic carbocycles. The molecule has 0 bridgehead atoms. The van der Waals surface area contributed by atoms with Crippen molar-refractivity contribution in [1.29, 1.82) is 5.26 Å². The predicted molar refractivity (Wildman–Crippen MR) is 70.1 cm³/mol. The number of carbonyl (C=O) groups excluding carboxylic acids is 1. The van der Waals surface area contributed by atoms with Gasteiger partial charge in [-0.15, -0.1) is 0 Å². The number of pyridine rings is 1. The monoisotopic (exact) mass is 278 g/mol. The Hall–Kier alpha value is -2.69. The minimum absolute atomic E-state index is 0.0387. The Balaban J connectivity index is 3.23. The third-order valence-electron chi connectivity index (χ3n) is 2.61. The van der Waals surface area contributed by atoms with Crippen molar-refractivity contribution < 1.29 is 14.5 Å². The summed E-state index contributed by atoms with van der Waals surface area (Å²) in [6.45, 7) is 3.54. The molecule has 1 heterocycles. The lowest BCUT2D eigenvalue weighted by atomic mass is 10.2. The van der Waals surface area contributed by atoms with E-state index in [4.69, 9.17) is 5.26 Å². The van der Waals surface area contributed by atoms with E-state index in [9.17, 15) is 14.9 Å². The SMILES string of the molecule is COC(=O)CN(c1ncc([N+](=O)[O-])cc1C#N)C(C)C. The quantitative estimate of drug-likeness (QED) is 0.453. The number of esters is 1. The molecule has 0 atom stereocenters. The van der Waals surface area contributed by atoms with Crippen LogP contribution in [0.15, 0.2) is 12.3 Å². The highest BCUT2D eigenvalue weighted by atomic mass is 16.6. The van der Waals surface area contributed by atoms with Gasteiger partial charge in [-0.25, -0.2) is 4.98 Å². The molecule has 1 aromatic rings. The fraction of sp³-hybridized carbons (Fsp3) is 0.417. The number of nitriles is 1. The minimum Gasteiger partial charge on any atom is -0.468 e. The summed E-state index contributed by atoms with van der Waals surface area (Å²) in [7, 11) is 1.26. The summed E-state index contributed by atoms with van der Waals surface area (Å²) in [4.78, 5) is 26.9. The van der Waals surface area contributed by atoms with Gasteiger partial charge in [0.2, 0.25) is 0 Å². The zero-order valence-corrected chi connectivity index (χ0v) is 11.4. The van der Waals surface area contributed by atoms with Crippen LogP contribution in [0.3, 0.4) is 0 Å². The summed E-state index contributed by atoms with van der Waals surface area (Å²) in [6, 6.07) is 2.86. The molecule has 0 fully saturated rings. The molecule has 20 heavy (non-hydrogen) atoms. The maximum Gasteiger partial charge on any atom is 0.325 e. The van der Waals surface area contributed by atoms with E-state index in [-0.39, 0.29) is 29.7 Å². The third-order valence-corrected chi connectivity index (χ3v) is 2.61. The average Bonchev–Trinajstić information content (AvgIpc) is 2.43. The molecule has 0 aliphatic carbocycles. The van der Waals surface area contributed by atoms with Gasteiger partial charge in [-0.3, -0.25) is 14.9 Å². The van der Waals surface area contributed by atoms with E-state index in [1.54, 1.807) is 4.90 Å². The van der Waals surface area contributed by atoms with Gasteiger partial charge in [-0.2, -0.15) is 5.26 Å². The van der Waals surface area contributed by atoms with Crippen molar-refractivity contribution >= 4 is 17.5 Å². The second-order valence-corrected chi connectivity index (χ2v) is 4.23. The molecule has 0 aliphatic rings. The van der Waals surface area contributed by atoms with E-state index in [2.05, 4.69) is 9.72 Å². The second kappa shape index (κ2) is 6.47. The summed E-state index contributed by atoms with van der Waals surface area (Å²) in [5, 5.41) is 19.8. The molecule has 0 aliphatic heterocycles. The van der Waals surface area contributed by atoms with Crippen LogP contribution in [0.5, 0.6) is 0 Å². The molecule has 1 aromatic heterocycles. The Morgan fingerprint density at radius 2 is 2.30 bits per heavy atom. The van der Waals surface area contributed by atoms with E-state index >= 15 is 0 Å². The normalized spacial score (nSPS) is 9.95. The lowest BCUT2D eigenvalue weighted by molar-refractivity contribution is -0.385. The van der Waals surface area contributed by atoms with Crippen LogP contribution in [0, 0.1) is 21.4 Å². The number of aromatic nitrogens is 1. The van der Waals surface area contributed by atoms with Crippen LogP contribution < -0.4 is 4.90 Å². The molecule has 0 saturated carbocycles. The summed E-state index contributed by atoms with van der Waals surface area (Å²) in [6.07, 6.45) is 1.06. The Morgan fingerprint density at radius 1 is 1.65 bits per heavy atom. The zero-order chi connectivity index (χ0) is 15.3. The van der Waals surface area contributed by atoms with Crippen molar-refractivity contribution in [3.05, 3.63) is 27.9 Å². The van der Waals surface area contributed by atoms with Crippen molar-refractivity contribution in [3.8, 4) is 6.07 Å². The van der Waals surface area contributed by atoms with Crippen molar-refractivity contribution in [2.45, 2.75) is 19.9 Å². The van der Waals surface area contributed by atoms with Crippen LogP contribution >= 0.6 is 0 Å². The second-order valence-electron chi connectivity index (χ2n) is 4.23. The van der Waals surface area contributed by atoms with Crippen LogP contribution in [0.2, 0.25) is 0 Å². The molecule has 0 amide bonds. The van der Waals surface area contributed by atoms with Gasteiger partial charge in [0, 0.05) is 12.1 Å². The maximum atomic E-state index is 11.4. The van der Waals surface area contributed by atoms with Crippen molar-refractivity contribution in [1.82, 2.24) is 4.98 Å². The van der Waals surface area contributed by atoms with Gasteiger partial charge in [0.25, 0.3) is 5.69 Å². The lowest BCUT2D eigenvalue weighted by Gasteiger charge is -2.27. The van der Waals surface area contributed by atoms with Crippen LogP contribution in [-0.2, 0) is 9.53 Å². The molecule has 0 unspecified atom stereocenters. The van der Waals surface area contributed by atoms with Crippen LogP contribution in [0.25, 0.3) is 0 Å². The van der Waals surface area contributed by atoms with Gasteiger partial charge in [-0.05, 0) is 13.8 Å². The molecule has 106 valence electrons. The number of nitro groups is 1. The van der Waals surface area contributed by atoms with Crippen molar-refractivity contribution in [2.75, 3.05) is 18.6 Å². The van der Waals surface area contributed by atoms with Gasteiger partial charge in [-0.1, -0.05) is 0 Å². The highest BCUT2D eigenvalue weighted by Crippen LogP contribution is 2.23. The topological polar surface area (TPSA) is 109 Å². The van der Waals surface area contributed by atoms with Gasteiger partial charge < -0.3 is 9.64 Å². The highest BCUT2D eigenvalue weighted by Gasteiger charge is 2.21. The summed E-state index contributed by atoms with van der Waals surface area (Å²) in [5.74, 6) is -0.263. The number of ether oxygens (including phenoxy) is 1. The number of nitrogens with zero attached hydrogens (tertiary/aromatic N) is 4. The van der Waals surface area contributed by atoms with Crippen LogP contribution in [-0.4, -0.2) is 35.6 Å². The van der Waals surface area contributed by atoms with Crippen LogP contribution in [0.4, 0.5) is 11.5 Å². The number of anilines is 1. The Labute approximate surface area is 115 Å². The van der Waals surface area contributed by atoms with E-state index in [0.29, 0.717) is 0 Å². The van der Waals surface area contributed by atoms with Gasteiger partial charge in [0.05, 0.1) is 12.0 Å². The Morgan fingerprint density at radius 3 is 2.75 bits per heavy atom. The summed E-state index contributed by atoms with van der Waals surface area (Å²) in [5.41, 5.74) is -0.233. The van der Waals surface area contributed by atoms with E-state index in [0.717, 1.165) is 12.3 Å². The fourth-order valence-electron chi connectivity index (χ4n) is 1.56. The first-order valence-corrected chi connectivity index (χ1v) is 5.78. The van der Waals surface area contributed by atoms with Crippen molar-refractivity contribution in [3.63, 3.8) is 0 Å². The number of carbonyl (C=O) groups is 1. The number of methoxy groups -OCH3 is 1. The average molecular weight is 278 g/mol. The molecule has 0 N–H and O–H groups in total. The number of hydrogen-bond acceptors (Lipinski definition) is 7. The fourth-order valence-corrected chi connectivity index (χ4v) is 1.56. The van der Waals surface area contributed by atoms with Crippen LogP contribution in [0.1, 0.15) is 19.4 Å². The lowest BCUT2D eigenvalue weighted by Crippen LogP contribution is -2.37. The smallest absolute Gasteiger partial charge is 0.325 e. The molecule has 8 nitrogen and oxygen atoms in total. The standard InChI is InChI=1S/C12H14N4O4/c1-8(2)15(7-11(17)20-3)12-9(5-13)4-10(6-14-12)16(18)19/h4,6,8H,7H2,1-3H3. The van der Waals surface area contributed by atoms with E-state index < -0.39 is 10.9 Å². The summed E-state index contributed by atoms with van der Waals surface area (Å²) < 4.78 is 4.59. The first-order chi connectivity index (χ1) is 9.40. The maximum absolute atomic E-state index is 11.4. The Bertz CT molecular complexity index is 565. The zero-order valence-electron chi connectivity index (χ0n) is 11.4. The molecule has 8 heteroatoms.